The molecule has 1 aliphatic rings. The monoisotopic (exact) mass is 469 g/mol. The first-order valence-corrected chi connectivity index (χ1v) is 12.6. The SMILES string of the molecule is C=C(C)CCCCC(O)[C@@H](C)C(=O)C(C)(C)CCC(=O)OC1CCC(c2ccc(C)cn2)=C1C. The van der Waals surface area contributed by atoms with Gasteiger partial charge in [0.15, 0.2) is 0 Å². The molecule has 0 saturated heterocycles. The van der Waals surface area contributed by atoms with Gasteiger partial charge in [-0.2, -0.15) is 0 Å². The summed E-state index contributed by atoms with van der Waals surface area (Å²) in [7, 11) is 0. The van der Waals surface area contributed by atoms with Crippen molar-refractivity contribution >= 4 is 17.3 Å². The molecule has 1 aromatic heterocycles. The van der Waals surface area contributed by atoms with E-state index in [1.54, 1.807) is 6.92 Å². The van der Waals surface area contributed by atoms with Crippen LogP contribution in [0, 0.1) is 18.3 Å². The molecule has 0 amide bonds. The molecule has 1 aromatic rings. The number of hydrogen-bond donors (Lipinski definition) is 1. The molecule has 34 heavy (non-hydrogen) atoms. The first-order valence-electron chi connectivity index (χ1n) is 12.6. The molecule has 2 unspecified atom stereocenters. The summed E-state index contributed by atoms with van der Waals surface area (Å²) < 4.78 is 5.77. The summed E-state index contributed by atoms with van der Waals surface area (Å²) in [4.78, 5) is 30.2. The molecule has 0 aromatic carbocycles. The van der Waals surface area contributed by atoms with E-state index in [1.165, 1.54) is 0 Å². The van der Waals surface area contributed by atoms with Gasteiger partial charge in [0.25, 0.3) is 0 Å². The van der Waals surface area contributed by atoms with Crippen LogP contribution >= 0.6 is 0 Å². The van der Waals surface area contributed by atoms with Crippen LogP contribution in [0.5, 0.6) is 0 Å². The zero-order chi connectivity index (χ0) is 25.5. The molecule has 0 bridgehead atoms. The van der Waals surface area contributed by atoms with Gasteiger partial charge in [0.05, 0.1) is 11.8 Å². The lowest BCUT2D eigenvalue weighted by Crippen LogP contribution is -2.36. The highest BCUT2D eigenvalue weighted by Gasteiger charge is 2.35. The second kappa shape index (κ2) is 12.4. The number of ether oxygens (including phenoxy) is 1. The third kappa shape index (κ3) is 7.90. The fraction of sp³-hybridized carbons (Fsp3) is 0.621. The van der Waals surface area contributed by atoms with E-state index in [0.717, 1.165) is 60.1 Å². The van der Waals surface area contributed by atoms with Crippen LogP contribution < -0.4 is 0 Å². The van der Waals surface area contributed by atoms with E-state index < -0.39 is 17.4 Å². The minimum atomic E-state index is -0.700. The number of Topliss-reactive ketones (excluding diaryl/α,β-unsaturated/α-hetero) is 1. The summed E-state index contributed by atoms with van der Waals surface area (Å²) in [5.41, 5.74) is 4.71. The Bertz CT molecular complexity index is 897. The zero-order valence-corrected chi connectivity index (χ0v) is 21.9. The lowest BCUT2D eigenvalue weighted by atomic mass is 9.76. The standard InChI is InChI=1S/C29H43NO4/c1-19(2)10-8-9-11-25(31)22(5)28(33)29(6,7)17-16-27(32)34-26-15-13-23(21(26)4)24-14-12-20(3)18-30-24/h12,14,18,22,25-26,31H,1,8-11,13,15-17H2,2-7H3/t22-,25?,26?/m1/s1. The Hall–Kier alpha value is -2.27. The number of allylic oxidation sites excluding steroid dienone is 2. The number of esters is 1. The average molecular weight is 470 g/mol. The van der Waals surface area contributed by atoms with Crippen molar-refractivity contribution in [3.05, 3.63) is 47.3 Å². The minimum Gasteiger partial charge on any atom is -0.458 e. The van der Waals surface area contributed by atoms with Gasteiger partial charge in [-0.15, -0.1) is 6.58 Å². The van der Waals surface area contributed by atoms with Crippen LogP contribution in [-0.2, 0) is 14.3 Å². The molecule has 0 radical (unpaired) electrons. The number of nitrogens with zero attached hydrogens (tertiary/aromatic N) is 1. The molecule has 2 rings (SSSR count). The molecule has 5 heteroatoms. The minimum absolute atomic E-state index is 0.00243. The van der Waals surface area contributed by atoms with Gasteiger partial charge >= 0.3 is 5.97 Å². The Morgan fingerprint density at radius 1 is 1.24 bits per heavy atom. The summed E-state index contributed by atoms with van der Waals surface area (Å²) in [6.07, 6.45) is 6.53. The number of pyridine rings is 1. The molecule has 188 valence electrons. The maximum atomic E-state index is 13.0. The number of rotatable bonds is 13. The maximum absolute atomic E-state index is 13.0. The van der Waals surface area contributed by atoms with Crippen LogP contribution in [-0.4, -0.2) is 34.1 Å². The molecule has 3 atom stereocenters. The number of aromatic nitrogens is 1. The summed E-state index contributed by atoms with van der Waals surface area (Å²) in [6.45, 7) is 15.4. The normalized spacial score (nSPS) is 18.0. The molecular formula is C29H43NO4. The lowest BCUT2D eigenvalue weighted by molar-refractivity contribution is -0.148. The lowest BCUT2D eigenvalue weighted by Gasteiger charge is -2.29. The smallest absolute Gasteiger partial charge is 0.306 e. The Morgan fingerprint density at radius 2 is 1.94 bits per heavy atom. The molecule has 0 fully saturated rings. The highest BCUT2D eigenvalue weighted by molar-refractivity contribution is 5.87. The molecule has 1 heterocycles. The number of hydrogen-bond acceptors (Lipinski definition) is 5. The van der Waals surface area contributed by atoms with Crippen molar-refractivity contribution in [1.29, 1.82) is 0 Å². The van der Waals surface area contributed by atoms with E-state index >= 15 is 0 Å². The van der Waals surface area contributed by atoms with Crippen molar-refractivity contribution in [2.75, 3.05) is 0 Å². The van der Waals surface area contributed by atoms with Crippen molar-refractivity contribution in [2.45, 2.75) is 105 Å². The Balaban J connectivity index is 1.85. The first kappa shape index (κ1) is 28.0. The summed E-state index contributed by atoms with van der Waals surface area (Å²) in [5, 5.41) is 10.5. The largest absolute Gasteiger partial charge is 0.458 e. The van der Waals surface area contributed by atoms with Crippen LogP contribution in [0.4, 0.5) is 0 Å². The van der Waals surface area contributed by atoms with Gasteiger partial charge in [0, 0.05) is 24.0 Å². The average Bonchev–Trinajstić information content (AvgIpc) is 3.14. The fourth-order valence-electron chi connectivity index (χ4n) is 4.58. The van der Waals surface area contributed by atoms with Crippen molar-refractivity contribution in [3.8, 4) is 0 Å². The number of aryl methyl sites for hydroxylation is 1. The van der Waals surface area contributed by atoms with Crippen molar-refractivity contribution in [2.24, 2.45) is 11.3 Å². The summed E-state index contributed by atoms with van der Waals surface area (Å²) >= 11 is 0. The third-order valence-corrected chi connectivity index (χ3v) is 7.08. The number of aliphatic hydroxyl groups excluding tert-OH is 1. The van der Waals surface area contributed by atoms with Gasteiger partial charge in [0.1, 0.15) is 11.9 Å². The van der Waals surface area contributed by atoms with Gasteiger partial charge in [-0.25, -0.2) is 0 Å². The second-order valence-electron chi connectivity index (χ2n) is 10.7. The fourth-order valence-corrected chi connectivity index (χ4v) is 4.58. The zero-order valence-electron chi connectivity index (χ0n) is 21.9. The molecule has 0 aliphatic heterocycles. The van der Waals surface area contributed by atoms with E-state index in [9.17, 15) is 14.7 Å². The number of carbonyl (C=O) groups is 2. The summed E-state index contributed by atoms with van der Waals surface area (Å²) in [6, 6.07) is 4.06. The van der Waals surface area contributed by atoms with Gasteiger partial charge in [-0.1, -0.05) is 38.8 Å². The van der Waals surface area contributed by atoms with Crippen LogP contribution in [0.3, 0.4) is 0 Å². The maximum Gasteiger partial charge on any atom is 0.306 e. The Labute approximate surface area is 205 Å². The van der Waals surface area contributed by atoms with Crippen LogP contribution in [0.25, 0.3) is 5.57 Å². The van der Waals surface area contributed by atoms with Crippen molar-refractivity contribution in [1.82, 2.24) is 4.98 Å². The van der Waals surface area contributed by atoms with Crippen LogP contribution in [0.15, 0.2) is 36.1 Å². The number of aliphatic hydroxyl groups is 1. The Kier molecular flexibility index (Phi) is 10.2. The summed E-state index contributed by atoms with van der Waals surface area (Å²) in [5.74, 6) is -0.742. The molecule has 1 aliphatic carbocycles. The van der Waals surface area contributed by atoms with Crippen molar-refractivity contribution < 1.29 is 19.4 Å². The van der Waals surface area contributed by atoms with Gasteiger partial charge in [0.2, 0.25) is 0 Å². The van der Waals surface area contributed by atoms with Gasteiger partial charge < -0.3 is 9.84 Å². The molecule has 0 saturated carbocycles. The second-order valence-corrected chi connectivity index (χ2v) is 10.7. The molecule has 0 spiro atoms. The highest BCUT2D eigenvalue weighted by Crippen LogP contribution is 2.35. The Morgan fingerprint density at radius 3 is 2.56 bits per heavy atom. The quantitative estimate of drug-likeness (QED) is 0.206. The predicted molar refractivity (Wildman–Crippen MR) is 137 cm³/mol. The van der Waals surface area contributed by atoms with E-state index in [2.05, 4.69) is 11.6 Å². The number of carbonyl (C=O) groups excluding carboxylic acids is 2. The predicted octanol–water partition coefficient (Wildman–Crippen LogP) is 6.38. The van der Waals surface area contributed by atoms with E-state index in [1.807, 2.05) is 52.9 Å². The van der Waals surface area contributed by atoms with Crippen LogP contribution in [0.2, 0.25) is 0 Å². The topological polar surface area (TPSA) is 76.5 Å². The third-order valence-electron chi connectivity index (χ3n) is 7.08. The highest BCUT2D eigenvalue weighted by atomic mass is 16.5. The van der Waals surface area contributed by atoms with E-state index in [-0.39, 0.29) is 24.3 Å². The van der Waals surface area contributed by atoms with Crippen molar-refractivity contribution in [3.63, 3.8) is 0 Å². The first-order chi connectivity index (χ1) is 15.9. The van der Waals surface area contributed by atoms with Gasteiger partial charge in [-0.05, 0) is 82.1 Å². The van der Waals surface area contributed by atoms with Crippen LogP contribution in [0.1, 0.15) is 97.2 Å². The van der Waals surface area contributed by atoms with E-state index in [4.69, 9.17) is 4.74 Å². The van der Waals surface area contributed by atoms with E-state index in [0.29, 0.717) is 12.8 Å². The molecule has 1 N–H and O–H groups in total. The van der Waals surface area contributed by atoms with Gasteiger partial charge in [-0.3, -0.25) is 14.6 Å². The molecular weight excluding hydrogens is 426 g/mol. The molecule has 5 nitrogen and oxygen atoms in total. The number of ketones is 1. The number of unbranched alkanes of at least 4 members (excludes halogenated alkanes) is 1.